The minimum Gasteiger partial charge on any atom is -0.263 e. The van der Waals surface area contributed by atoms with Crippen LogP contribution < -0.4 is 0 Å². The number of aromatic nitrogens is 4. The van der Waals surface area contributed by atoms with Crippen molar-refractivity contribution < 1.29 is 13.2 Å². The predicted octanol–water partition coefficient (Wildman–Crippen LogP) is 4.46. The SMILES string of the molecule is CCSc1cccnc1-n1cc(-c2cncc(C(F)(F)F)c2)cn1. The summed E-state index contributed by atoms with van der Waals surface area (Å²) in [5, 5.41) is 4.23. The van der Waals surface area contributed by atoms with Crippen LogP contribution in [0.4, 0.5) is 13.2 Å². The smallest absolute Gasteiger partial charge is 0.263 e. The lowest BCUT2D eigenvalue weighted by Crippen LogP contribution is -2.05. The molecule has 124 valence electrons. The number of halogens is 3. The molecule has 0 unspecified atom stereocenters. The van der Waals surface area contributed by atoms with Crippen LogP contribution in [0.5, 0.6) is 0 Å². The van der Waals surface area contributed by atoms with Crippen LogP contribution in [-0.2, 0) is 6.18 Å². The Bertz CT molecular complexity index is 845. The van der Waals surface area contributed by atoms with Crippen LogP contribution in [0.3, 0.4) is 0 Å². The number of hydrogen-bond donors (Lipinski definition) is 0. The van der Waals surface area contributed by atoms with Crippen molar-refractivity contribution in [3.63, 3.8) is 0 Å². The van der Waals surface area contributed by atoms with E-state index in [1.807, 2.05) is 19.1 Å². The van der Waals surface area contributed by atoms with E-state index >= 15 is 0 Å². The van der Waals surface area contributed by atoms with Gasteiger partial charge in [0.15, 0.2) is 5.82 Å². The third-order valence-corrected chi connectivity index (χ3v) is 4.17. The molecule has 3 rings (SSSR count). The van der Waals surface area contributed by atoms with E-state index in [4.69, 9.17) is 0 Å². The minimum atomic E-state index is -4.43. The third kappa shape index (κ3) is 3.43. The second-order valence-electron chi connectivity index (χ2n) is 4.89. The average molecular weight is 350 g/mol. The predicted molar refractivity (Wildman–Crippen MR) is 86.0 cm³/mol. The molecule has 4 nitrogen and oxygen atoms in total. The fourth-order valence-corrected chi connectivity index (χ4v) is 2.92. The van der Waals surface area contributed by atoms with E-state index in [-0.39, 0.29) is 0 Å². The van der Waals surface area contributed by atoms with Crippen molar-refractivity contribution in [2.45, 2.75) is 18.0 Å². The molecule has 0 amide bonds. The molecule has 0 aliphatic carbocycles. The maximum atomic E-state index is 12.8. The van der Waals surface area contributed by atoms with E-state index in [2.05, 4.69) is 15.1 Å². The van der Waals surface area contributed by atoms with Gasteiger partial charge < -0.3 is 0 Å². The van der Waals surface area contributed by atoms with Crippen molar-refractivity contribution in [1.82, 2.24) is 19.7 Å². The summed E-state index contributed by atoms with van der Waals surface area (Å²) in [5.41, 5.74) is 0.121. The normalized spacial score (nSPS) is 11.7. The van der Waals surface area contributed by atoms with Crippen molar-refractivity contribution in [3.8, 4) is 16.9 Å². The highest BCUT2D eigenvalue weighted by Gasteiger charge is 2.31. The molecular weight excluding hydrogens is 337 g/mol. The summed E-state index contributed by atoms with van der Waals surface area (Å²) < 4.78 is 40.0. The number of hydrogen-bond acceptors (Lipinski definition) is 4. The molecule has 3 aromatic heterocycles. The van der Waals surface area contributed by atoms with Gasteiger partial charge in [-0.05, 0) is 24.0 Å². The zero-order chi connectivity index (χ0) is 17.2. The summed E-state index contributed by atoms with van der Waals surface area (Å²) in [6.45, 7) is 2.03. The molecular formula is C16H13F3N4S. The molecule has 0 aromatic carbocycles. The molecule has 0 saturated carbocycles. The first-order valence-electron chi connectivity index (χ1n) is 7.14. The summed E-state index contributed by atoms with van der Waals surface area (Å²) in [7, 11) is 0. The van der Waals surface area contributed by atoms with E-state index in [0.717, 1.165) is 22.9 Å². The number of alkyl halides is 3. The molecule has 0 saturated heterocycles. The Kier molecular flexibility index (Phi) is 4.57. The largest absolute Gasteiger partial charge is 0.417 e. The summed E-state index contributed by atoms with van der Waals surface area (Å²) in [6.07, 6.45) is 2.58. The van der Waals surface area contributed by atoms with Crippen molar-refractivity contribution in [2.75, 3.05) is 5.75 Å². The molecule has 0 fully saturated rings. The van der Waals surface area contributed by atoms with Gasteiger partial charge in [-0.1, -0.05) is 6.92 Å². The van der Waals surface area contributed by atoms with Gasteiger partial charge in [0.05, 0.1) is 16.7 Å². The lowest BCUT2D eigenvalue weighted by molar-refractivity contribution is -0.137. The fourth-order valence-electron chi connectivity index (χ4n) is 2.16. The van der Waals surface area contributed by atoms with E-state index in [1.54, 1.807) is 28.8 Å². The molecule has 0 bridgehead atoms. The quantitative estimate of drug-likeness (QED) is 0.652. The van der Waals surface area contributed by atoms with E-state index < -0.39 is 11.7 Å². The molecule has 0 aliphatic heterocycles. The van der Waals surface area contributed by atoms with Gasteiger partial charge in [0.1, 0.15) is 0 Å². The van der Waals surface area contributed by atoms with E-state index in [1.165, 1.54) is 12.4 Å². The van der Waals surface area contributed by atoms with Gasteiger partial charge in [-0.2, -0.15) is 18.3 Å². The molecule has 0 N–H and O–H groups in total. The highest BCUT2D eigenvalue weighted by Crippen LogP contribution is 2.31. The van der Waals surface area contributed by atoms with Crippen LogP contribution in [0.15, 0.2) is 54.1 Å². The summed E-state index contributed by atoms with van der Waals surface area (Å²) in [4.78, 5) is 8.95. The number of pyridine rings is 2. The molecule has 8 heteroatoms. The molecule has 0 spiro atoms. The maximum absolute atomic E-state index is 12.8. The first-order chi connectivity index (χ1) is 11.5. The zero-order valence-electron chi connectivity index (χ0n) is 12.7. The van der Waals surface area contributed by atoms with Crippen LogP contribution >= 0.6 is 11.8 Å². The number of thioether (sulfide) groups is 1. The minimum absolute atomic E-state index is 0.358. The Morgan fingerprint density at radius 2 is 2.00 bits per heavy atom. The Morgan fingerprint density at radius 1 is 1.17 bits per heavy atom. The Hall–Kier alpha value is -2.35. The van der Waals surface area contributed by atoms with Gasteiger partial charge in [0, 0.05) is 35.9 Å². The molecule has 0 aliphatic rings. The Labute approximate surface area is 140 Å². The van der Waals surface area contributed by atoms with E-state index in [9.17, 15) is 13.2 Å². The fraction of sp³-hybridized carbons (Fsp3) is 0.188. The van der Waals surface area contributed by atoms with Crippen LogP contribution in [0.1, 0.15) is 12.5 Å². The first-order valence-corrected chi connectivity index (χ1v) is 8.13. The van der Waals surface area contributed by atoms with Crippen LogP contribution in [0.2, 0.25) is 0 Å². The second kappa shape index (κ2) is 6.64. The summed E-state index contributed by atoms with van der Waals surface area (Å²) >= 11 is 1.62. The zero-order valence-corrected chi connectivity index (χ0v) is 13.5. The molecule has 0 radical (unpaired) electrons. The van der Waals surface area contributed by atoms with Crippen LogP contribution in [-0.4, -0.2) is 25.5 Å². The van der Waals surface area contributed by atoms with Crippen molar-refractivity contribution >= 4 is 11.8 Å². The first kappa shape index (κ1) is 16.5. The number of nitrogens with zero attached hydrogens (tertiary/aromatic N) is 4. The standard InChI is InChI=1S/C16H13F3N4S/c1-2-24-14-4-3-5-21-15(14)23-10-12(8-22-23)11-6-13(9-20-7-11)16(17,18)19/h3-10H,2H2,1H3. The monoisotopic (exact) mass is 350 g/mol. The highest BCUT2D eigenvalue weighted by atomic mass is 32.2. The highest BCUT2D eigenvalue weighted by molar-refractivity contribution is 7.99. The maximum Gasteiger partial charge on any atom is 0.417 e. The Balaban J connectivity index is 1.98. The summed E-state index contributed by atoms with van der Waals surface area (Å²) in [5.74, 6) is 1.53. The Morgan fingerprint density at radius 3 is 2.75 bits per heavy atom. The second-order valence-corrected chi connectivity index (χ2v) is 6.20. The van der Waals surface area contributed by atoms with Gasteiger partial charge >= 0.3 is 6.18 Å². The van der Waals surface area contributed by atoms with Crippen molar-refractivity contribution in [2.24, 2.45) is 0 Å². The number of rotatable bonds is 4. The van der Waals surface area contributed by atoms with Gasteiger partial charge in [0.25, 0.3) is 0 Å². The van der Waals surface area contributed by atoms with Gasteiger partial charge in [-0.15, -0.1) is 11.8 Å². The van der Waals surface area contributed by atoms with Crippen LogP contribution in [0, 0.1) is 0 Å². The van der Waals surface area contributed by atoms with Gasteiger partial charge in [-0.3, -0.25) is 4.98 Å². The van der Waals surface area contributed by atoms with Crippen LogP contribution in [0.25, 0.3) is 16.9 Å². The molecule has 0 atom stereocenters. The lowest BCUT2D eigenvalue weighted by Gasteiger charge is -2.07. The molecule has 3 aromatic rings. The topological polar surface area (TPSA) is 43.6 Å². The van der Waals surface area contributed by atoms with Gasteiger partial charge in [0.2, 0.25) is 0 Å². The lowest BCUT2D eigenvalue weighted by atomic mass is 10.1. The average Bonchev–Trinajstić information content (AvgIpc) is 3.05. The van der Waals surface area contributed by atoms with Crippen molar-refractivity contribution in [3.05, 3.63) is 54.7 Å². The van der Waals surface area contributed by atoms with Gasteiger partial charge in [-0.25, -0.2) is 9.67 Å². The third-order valence-electron chi connectivity index (χ3n) is 3.25. The summed E-state index contributed by atoms with van der Waals surface area (Å²) in [6, 6.07) is 4.83. The van der Waals surface area contributed by atoms with E-state index in [0.29, 0.717) is 16.9 Å². The molecule has 3 heterocycles. The van der Waals surface area contributed by atoms with Crippen molar-refractivity contribution in [1.29, 1.82) is 0 Å². The molecule has 24 heavy (non-hydrogen) atoms.